The second-order valence-electron chi connectivity index (χ2n) is 3.76. The van der Waals surface area contributed by atoms with E-state index < -0.39 is 0 Å². The molecular weight excluding hydrogens is 321 g/mol. The van der Waals surface area contributed by atoms with Gasteiger partial charge in [0.2, 0.25) is 0 Å². The van der Waals surface area contributed by atoms with Crippen LogP contribution in [-0.4, -0.2) is 5.11 Å². The summed E-state index contributed by atoms with van der Waals surface area (Å²) in [6, 6.07) is 9.34. The monoisotopic (exact) mass is 329 g/mol. The van der Waals surface area contributed by atoms with Crippen molar-refractivity contribution in [2.75, 3.05) is 5.32 Å². The fourth-order valence-electron chi connectivity index (χ4n) is 1.49. The Kier molecular flexibility index (Phi) is 4.09. The molecule has 0 radical (unpaired) electrons. The summed E-state index contributed by atoms with van der Waals surface area (Å²) < 4.78 is 13.9. The van der Waals surface area contributed by atoms with Crippen molar-refractivity contribution in [3.8, 4) is 5.75 Å². The third-order valence-corrected chi connectivity index (χ3v) is 3.51. The summed E-state index contributed by atoms with van der Waals surface area (Å²) in [4.78, 5) is 0. The van der Waals surface area contributed by atoms with Crippen LogP contribution in [0.5, 0.6) is 5.75 Å². The first-order chi connectivity index (χ1) is 8.56. The maximum absolute atomic E-state index is 13.1. The van der Waals surface area contributed by atoms with Crippen molar-refractivity contribution in [2.45, 2.75) is 6.54 Å². The smallest absolute Gasteiger partial charge is 0.134 e. The molecule has 0 aliphatic heterocycles. The molecule has 0 amide bonds. The lowest BCUT2D eigenvalue weighted by atomic mass is 10.2. The molecule has 5 heteroatoms. The molecule has 0 unspecified atom stereocenters. The summed E-state index contributed by atoms with van der Waals surface area (Å²) in [7, 11) is 0. The summed E-state index contributed by atoms with van der Waals surface area (Å²) in [6.07, 6.45) is 0. The van der Waals surface area contributed by atoms with E-state index in [0.717, 1.165) is 15.7 Å². The molecule has 0 aliphatic rings. The molecular formula is C13H10BrClFNO. The van der Waals surface area contributed by atoms with Gasteiger partial charge in [-0.15, -0.1) is 0 Å². The maximum atomic E-state index is 13.1. The van der Waals surface area contributed by atoms with Crippen molar-refractivity contribution >= 4 is 33.2 Å². The molecule has 18 heavy (non-hydrogen) atoms. The van der Waals surface area contributed by atoms with E-state index in [1.54, 1.807) is 18.2 Å². The van der Waals surface area contributed by atoms with Gasteiger partial charge in [0.25, 0.3) is 0 Å². The van der Waals surface area contributed by atoms with Crippen LogP contribution in [0.15, 0.2) is 40.9 Å². The predicted molar refractivity (Wildman–Crippen MR) is 74.5 cm³/mol. The molecule has 2 aromatic rings. The van der Waals surface area contributed by atoms with Gasteiger partial charge in [0, 0.05) is 16.7 Å². The highest BCUT2D eigenvalue weighted by atomic mass is 79.9. The van der Waals surface area contributed by atoms with E-state index in [1.807, 2.05) is 0 Å². The number of rotatable bonds is 3. The van der Waals surface area contributed by atoms with Crippen LogP contribution in [0.3, 0.4) is 0 Å². The normalized spacial score (nSPS) is 10.4. The Balaban J connectivity index is 2.11. The Bertz CT molecular complexity index is 577. The van der Waals surface area contributed by atoms with Crippen LogP contribution in [0.2, 0.25) is 5.02 Å². The van der Waals surface area contributed by atoms with Crippen molar-refractivity contribution in [1.29, 1.82) is 0 Å². The van der Waals surface area contributed by atoms with Crippen LogP contribution in [-0.2, 0) is 6.54 Å². The SMILES string of the molecule is Oc1ccc(NCc2cc(F)ccc2Br)cc1Cl. The highest BCUT2D eigenvalue weighted by Crippen LogP contribution is 2.27. The van der Waals surface area contributed by atoms with E-state index in [-0.39, 0.29) is 16.6 Å². The van der Waals surface area contributed by atoms with E-state index in [0.29, 0.717) is 6.54 Å². The van der Waals surface area contributed by atoms with Gasteiger partial charge in [-0.1, -0.05) is 27.5 Å². The van der Waals surface area contributed by atoms with Crippen LogP contribution in [0, 0.1) is 5.82 Å². The predicted octanol–water partition coefficient (Wildman–Crippen LogP) is 4.56. The quantitative estimate of drug-likeness (QED) is 0.809. The highest BCUT2D eigenvalue weighted by Gasteiger charge is 2.03. The minimum atomic E-state index is -0.279. The Labute approximate surface area is 118 Å². The molecule has 0 heterocycles. The number of phenolic OH excluding ortho intramolecular Hbond substituents is 1. The second kappa shape index (κ2) is 5.59. The topological polar surface area (TPSA) is 32.3 Å². The number of benzene rings is 2. The fourth-order valence-corrected chi connectivity index (χ4v) is 2.06. The molecule has 0 bridgehead atoms. The number of hydrogen-bond donors (Lipinski definition) is 2. The molecule has 0 saturated carbocycles. The molecule has 2 rings (SSSR count). The summed E-state index contributed by atoms with van der Waals surface area (Å²) in [6.45, 7) is 0.458. The van der Waals surface area contributed by atoms with Crippen LogP contribution in [0.25, 0.3) is 0 Å². The van der Waals surface area contributed by atoms with Gasteiger partial charge in [0.05, 0.1) is 5.02 Å². The van der Waals surface area contributed by atoms with Crippen molar-refractivity contribution < 1.29 is 9.50 Å². The van der Waals surface area contributed by atoms with Crippen LogP contribution >= 0.6 is 27.5 Å². The molecule has 94 valence electrons. The van der Waals surface area contributed by atoms with Crippen LogP contribution in [0.4, 0.5) is 10.1 Å². The van der Waals surface area contributed by atoms with Gasteiger partial charge in [-0.25, -0.2) is 4.39 Å². The maximum Gasteiger partial charge on any atom is 0.134 e. The van der Waals surface area contributed by atoms with Gasteiger partial charge in [-0.3, -0.25) is 0 Å². The van der Waals surface area contributed by atoms with Crippen LogP contribution in [0.1, 0.15) is 5.56 Å². The van der Waals surface area contributed by atoms with Crippen molar-refractivity contribution in [3.05, 3.63) is 57.3 Å². The van der Waals surface area contributed by atoms with Gasteiger partial charge in [-0.2, -0.15) is 0 Å². The Hall–Kier alpha value is -1.26. The molecule has 0 aromatic heterocycles. The molecule has 2 N–H and O–H groups in total. The molecule has 0 atom stereocenters. The largest absolute Gasteiger partial charge is 0.506 e. The third-order valence-electron chi connectivity index (χ3n) is 2.44. The van der Waals surface area contributed by atoms with Crippen molar-refractivity contribution in [1.82, 2.24) is 0 Å². The number of aromatic hydroxyl groups is 1. The summed E-state index contributed by atoms with van der Waals surface area (Å²) in [5.74, 6) is -0.243. The summed E-state index contributed by atoms with van der Waals surface area (Å²) in [5.41, 5.74) is 1.56. The molecule has 2 nitrogen and oxygen atoms in total. The Morgan fingerprint density at radius 3 is 2.72 bits per heavy atom. The number of nitrogens with one attached hydrogen (secondary N) is 1. The van der Waals surface area contributed by atoms with E-state index in [2.05, 4.69) is 21.2 Å². The lowest BCUT2D eigenvalue weighted by Gasteiger charge is -2.09. The minimum absolute atomic E-state index is 0.0363. The third kappa shape index (κ3) is 3.15. The molecule has 0 aliphatic carbocycles. The second-order valence-corrected chi connectivity index (χ2v) is 5.02. The molecule has 0 fully saturated rings. The van der Waals surface area contributed by atoms with Gasteiger partial charge in [0.1, 0.15) is 11.6 Å². The molecule has 2 aromatic carbocycles. The van der Waals surface area contributed by atoms with Gasteiger partial charge >= 0.3 is 0 Å². The number of anilines is 1. The van der Waals surface area contributed by atoms with Gasteiger partial charge in [-0.05, 0) is 42.0 Å². The first kappa shape index (κ1) is 13.2. The van der Waals surface area contributed by atoms with Crippen molar-refractivity contribution in [3.63, 3.8) is 0 Å². The lowest BCUT2D eigenvalue weighted by molar-refractivity contribution is 0.475. The van der Waals surface area contributed by atoms with Crippen molar-refractivity contribution in [2.24, 2.45) is 0 Å². The van der Waals surface area contributed by atoms with E-state index in [4.69, 9.17) is 11.6 Å². The van der Waals surface area contributed by atoms with E-state index in [9.17, 15) is 9.50 Å². The van der Waals surface area contributed by atoms with Crippen LogP contribution < -0.4 is 5.32 Å². The average molecular weight is 331 g/mol. The lowest BCUT2D eigenvalue weighted by Crippen LogP contribution is -2.00. The Morgan fingerprint density at radius 2 is 2.00 bits per heavy atom. The first-order valence-corrected chi connectivity index (χ1v) is 6.39. The minimum Gasteiger partial charge on any atom is -0.506 e. The zero-order valence-corrected chi connectivity index (χ0v) is 11.6. The molecule has 0 saturated heterocycles. The number of hydrogen-bond acceptors (Lipinski definition) is 2. The van der Waals surface area contributed by atoms with E-state index >= 15 is 0 Å². The zero-order chi connectivity index (χ0) is 13.1. The summed E-state index contributed by atoms with van der Waals surface area (Å²) in [5, 5.41) is 12.7. The molecule has 0 spiro atoms. The van der Waals surface area contributed by atoms with Gasteiger partial charge < -0.3 is 10.4 Å². The fraction of sp³-hybridized carbons (Fsp3) is 0.0769. The highest BCUT2D eigenvalue weighted by molar-refractivity contribution is 9.10. The van der Waals surface area contributed by atoms with Gasteiger partial charge in [0.15, 0.2) is 0 Å². The van der Waals surface area contributed by atoms with E-state index in [1.165, 1.54) is 18.2 Å². The first-order valence-electron chi connectivity index (χ1n) is 5.22. The number of halogens is 3. The standard InChI is InChI=1S/C13H10BrClFNO/c14-11-3-1-9(16)5-8(11)7-17-10-2-4-13(18)12(15)6-10/h1-6,17-18H,7H2. The Morgan fingerprint density at radius 1 is 1.22 bits per heavy atom. The zero-order valence-electron chi connectivity index (χ0n) is 9.25. The average Bonchev–Trinajstić information content (AvgIpc) is 2.34. The number of phenols is 1. The summed E-state index contributed by atoms with van der Waals surface area (Å²) >= 11 is 9.15.